The van der Waals surface area contributed by atoms with E-state index in [9.17, 15) is 4.79 Å². The molecule has 0 spiro atoms. The van der Waals surface area contributed by atoms with Crippen LogP contribution in [-0.2, 0) is 4.74 Å². The molecular formula is C12H14N2O3. The number of hydrogen-bond acceptors (Lipinski definition) is 4. The van der Waals surface area contributed by atoms with E-state index in [1.807, 2.05) is 20.0 Å². The molecule has 1 unspecified atom stereocenters. The molecule has 0 aliphatic rings. The van der Waals surface area contributed by atoms with Gasteiger partial charge in [0.25, 0.3) is 0 Å². The predicted molar refractivity (Wildman–Crippen MR) is 60.8 cm³/mol. The Morgan fingerprint density at radius 2 is 2.29 bits per heavy atom. The Morgan fingerprint density at radius 3 is 2.88 bits per heavy atom. The van der Waals surface area contributed by atoms with E-state index >= 15 is 0 Å². The highest BCUT2D eigenvalue weighted by Crippen LogP contribution is 2.20. The van der Waals surface area contributed by atoms with Crippen LogP contribution in [0.25, 0.3) is 0 Å². The average Bonchev–Trinajstić information content (AvgIpc) is 2.95. The van der Waals surface area contributed by atoms with Gasteiger partial charge in [0.15, 0.2) is 0 Å². The molecule has 0 aliphatic carbocycles. The summed E-state index contributed by atoms with van der Waals surface area (Å²) in [4.78, 5) is 11.3. The summed E-state index contributed by atoms with van der Waals surface area (Å²) in [7, 11) is 1.32. The number of ether oxygens (including phenoxy) is 1. The molecule has 5 heteroatoms. The second-order valence-electron chi connectivity index (χ2n) is 3.87. The number of carbonyl (C=O) groups is 1. The smallest absolute Gasteiger partial charge is 0.373 e. The zero-order valence-electron chi connectivity index (χ0n) is 10.0. The Morgan fingerprint density at radius 1 is 1.53 bits per heavy atom. The van der Waals surface area contributed by atoms with E-state index in [0.717, 1.165) is 5.56 Å². The number of hydrogen-bond donors (Lipinski definition) is 0. The number of esters is 1. The van der Waals surface area contributed by atoms with Crippen molar-refractivity contribution in [2.45, 2.75) is 19.9 Å². The van der Waals surface area contributed by atoms with Crippen molar-refractivity contribution in [3.63, 3.8) is 0 Å². The molecule has 0 saturated carbocycles. The van der Waals surface area contributed by atoms with Gasteiger partial charge >= 0.3 is 5.97 Å². The van der Waals surface area contributed by atoms with Crippen LogP contribution in [0.5, 0.6) is 0 Å². The van der Waals surface area contributed by atoms with Crippen LogP contribution in [0.2, 0.25) is 0 Å². The van der Waals surface area contributed by atoms with Gasteiger partial charge in [-0.15, -0.1) is 0 Å². The number of furan rings is 1. The lowest BCUT2D eigenvalue weighted by Crippen LogP contribution is -2.06. The predicted octanol–water partition coefficient (Wildman–Crippen LogP) is 2.18. The van der Waals surface area contributed by atoms with Gasteiger partial charge in [-0.25, -0.2) is 4.79 Å². The van der Waals surface area contributed by atoms with Crippen molar-refractivity contribution in [2.24, 2.45) is 0 Å². The molecule has 0 radical (unpaired) electrons. The minimum Gasteiger partial charge on any atom is -0.463 e. The molecule has 0 N–H and O–H groups in total. The van der Waals surface area contributed by atoms with Crippen LogP contribution in [0.15, 0.2) is 28.9 Å². The van der Waals surface area contributed by atoms with E-state index in [1.165, 1.54) is 7.11 Å². The summed E-state index contributed by atoms with van der Waals surface area (Å²) in [5, 5.41) is 4.21. The first-order valence-corrected chi connectivity index (χ1v) is 5.30. The summed E-state index contributed by atoms with van der Waals surface area (Å²) >= 11 is 0. The van der Waals surface area contributed by atoms with Gasteiger partial charge in [-0.05, 0) is 31.5 Å². The van der Waals surface area contributed by atoms with E-state index < -0.39 is 5.97 Å². The Balaban J connectivity index is 2.23. The number of aryl methyl sites for hydroxylation is 1. The number of carbonyl (C=O) groups excluding carboxylic acids is 1. The molecular weight excluding hydrogens is 220 g/mol. The fraction of sp³-hybridized carbons (Fsp3) is 0.333. The first-order valence-electron chi connectivity index (χ1n) is 5.30. The number of rotatable bonds is 3. The Labute approximate surface area is 99.0 Å². The molecule has 0 aliphatic heterocycles. The van der Waals surface area contributed by atoms with Crippen LogP contribution in [0.4, 0.5) is 0 Å². The van der Waals surface area contributed by atoms with Gasteiger partial charge in [-0.2, -0.15) is 5.10 Å². The molecule has 0 fully saturated rings. The van der Waals surface area contributed by atoms with Gasteiger partial charge in [-0.1, -0.05) is 0 Å². The highest BCUT2D eigenvalue weighted by Gasteiger charge is 2.16. The second-order valence-corrected chi connectivity index (χ2v) is 3.87. The molecule has 17 heavy (non-hydrogen) atoms. The fourth-order valence-corrected chi connectivity index (χ4v) is 1.56. The largest absolute Gasteiger partial charge is 0.463 e. The Hall–Kier alpha value is -2.04. The molecule has 2 aromatic heterocycles. The molecule has 1 atom stereocenters. The molecule has 2 aromatic rings. The average molecular weight is 234 g/mol. The van der Waals surface area contributed by atoms with Crippen LogP contribution >= 0.6 is 0 Å². The lowest BCUT2D eigenvalue weighted by Gasteiger charge is -2.08. The highest BCUT2D eigenvalue weighted by atomic mass is 16.5. The van der Waals surface area contributed by atoms with Gasteiger partial charge in [-0.3, -0.25) is 4.68 Å². The topological polar surface area (TPSA) is 57.3 Å². The van der Waals surface area contributed by atoms with Crippen LogP contribution < -0.4 is 0 Å². The molecule has 2 heterocycles. The molecule has 0 amide bonds. The summed E-state index contributed by atoms with van der Waals surface area (Å²) in [6, 6.07) is 3.31. The third-order valence-corrected chi connectivity index (χ3v) is 2.55. The van der Waals surface area contributed by atoms with Crippen LogP contribution in [0.3, 0.4) is 0 Å². The van der Waals surface area contributed by atoms with E-state index in [-0.39, 0.29) is 11.8 Å². The minimum atomic E-state index is -0.472. The Kier molecular flexibility index (Phi) is 2.99. The normalized spacial score (nSPS) is 12.4. The van der Waals surface area contributed by atoms with E-state index in [4.69, 9.17) is 4.42 Å². The van der Waals surface area contributed by atoms with Crippen molar-refractivity contribution in [3.8, 4) is 0 Å². The molecule has 0 aromatic carbocycles. The SMILES string of the molecule is COC(=O)c1ccc(C(C)n2cc(C)cn2)o1. The first-order chi connectivity index (χ1) is 8.11. The second kappa shape index (κ2) is 4.45. The quantitative estimate of drug-likeness (QED) is 0.764. The summed E-state index contributed by atoms with van der Waals surface area (Å²) in [6.45, 7) is 3.92. The molecule has 0 saturated heterocycles. The zero-order valence-corrected chi connectivity index (χ0v) is 10.0. The number of nitrogens with zero attached hydrogens (tertiary/aromatic N) is 2. The highest BCUT2D eigenvalue weighted by molar-refractivity contribution is 5.86. The van der Waals surface area contributed by atoms with E-state index in [2.05, 4.69) is 9.84 Å². The maximum Gasteiger partial charge on any atom is 0.373 e. The number of aromatic nitrogens is 2. The van der Waals surface area contributed by atoms with E-state index in [1.54, 1.807) is 23.0 Å². The van der Waals surface area contributed by atoms with Crippen molar-refractivity contribution in [1.82, 2.24) is 9.78 Å². The maximum atomic E-state index is 11.3. The van der Waals surface area contributed by atoms with Gasteiger partial charge in [0.05, 0.1) is 13.3 Å². The third kappa shape index (κ3) is 2.22. The van der Waals surface area contributed by atoms with Crippen LogP contribution in [0.1, 0.15) is 34.8 Å². The summed E-state index contributed by atoms with van der Waals surface area (Å²) in [6.07, 6.45) is 3.70. The number of methoxy groups -OCH3 is 1. The fourth-order valence-electron chi connectivity index (χ4n) is 1.56. The lowest BCUT2D eigenvalue weighted by molar-refractivity contribution is 0.0562. The summed E-state index contributed by atoms with van der Waals surface area (Å²) < 4.78 is 11.8. The van der Waals surface area contributed by atoms with Gasteiger partial charge in [0.1, 0.15) is 11.8 Å². The molecule has 2 rings (SSSR count). The van der Waals surface area contributed by atoms with Crippen molar-refractivity contribution < 1.29 is 13.9 Å². The molecule has 5 nitrogen and oxygen atoms in total. The van der Waals surface area contributed by atoms with Crippen molar-refractivity contribution in [2.75, 3.05) is 7.11 Å². The van der Waals surface area contributed by atoms with E-state index in [0.29, 0.717) is 5.76 Å². The van der Waals surface area contributed by atoms with Gasteiger partial charge < -0.3 is 9.15 Å². The summed E-state index contributed by atoms with van der Waals surface area (Å²) in [5.74, 6) is 0.409. The van der Waals surface area contributed by atoms with Crippen LogP contribution in [0, 0.1) is 6.92 Å². The van der Waals surface area contributed by atoms with Crippen molar-refractivity contribution in [1.29, 1.82) is 0 Å². The lowest BCUT2D eigenvalue weighted by atomic mass is 10.2. The standard InChI is InChI=1S/C12H14N2O3/c1-8-6-13-14(7-8)9(2)10-4-5-11(17-10)12(15)16-3/h4-7,9H,1-3H3. The van der Waals surface area contributed by atoms with Gasteiger partial charge in [0, 0.05) is 6.20 Å². The van der Waals surface area contributed by atoms with Crippen molar-refractivity contribution >= 4 is 5.97 Å². The zero-order chi connectivity index (χ0) is 12.4. The Bertz CT molecular complexity index is 527. The van der Waals surface area contributed by atoms with Crippen LogP contribution in [-0.4, -0.2) is 22.9 Å². The van der Waals surface area contributed by atoms with Gasteiger partial charge in [0.2, 0.25) is 5.76 Å². The maximum absolute atomic E-state index is 11.3. The van der Waals surface area contributed by atoms with Crippen molar-refractivity contribution in [3.05, 3.63) is 41.6 Å². The molecule has 0 bridgehead atoms. The summed E-state index contributed by atoms with van der Waals surface area (Å²) in [5.41, 5.74) is 1.08. The minimum absolute atomic E-state index is 0.0536. The first kappa shape index (κ1) is 11.4. The molecule has 90 valence electrons. The third-order valence-electron chi connectivity index (χ3n) is 2.55. The monoisotopic (exact) mass is 234 g/mol.